The molecule has 0 aliphatic rings. The molecule has 0 radical (unpaired) electrons. The fourth-order valence-corrected chi connectivity index (χ4v) is 0.668. The summed E-state index contributed by atoms with van der Waals surface area (Å²) in [5, 5.41) is 3.79. The molecule has 7 heavy (non-hydrogen) atoms. The summed E-state index contributed by atoms with van der Waals surface area (Å²) in [5.74, 6) is 0. The Hall–Kier alpha value is -0.770. The van der Waals surface area contributed by atoms with Gasteiger partial charge in [-0.3, -0.25) is 4.98 Å². The first-order chi connectivity index (χ1) is 3.43. The Kier molecular flexibility index (Phi) is 1.12. The SMILES string of the molecule is N=Nc1cncs1. The Morgan fingerprint density at radius 1 is 1.86 bits per heavy atom. The average molecular weight is 113 g/mol. The number of hydrogen-bond acceptors (Lipinski definition) is 4. The zero-order valence-electron chi connectivity index (χ0n) is 3.46. The molecule has 0 saturated carbocycles. The number of aromatic nitrogens is 1. The summed E-state index contributed by atoms with van der Waals surface area (Å²) in [4.78, 5) is 3.70. The third-order valence-corrected chi connectivity index (χ3v) is 1.19. The van der Waals surface area contributed by atoms with E-state index < -0.39 is 0 Å². The summed E-state index contributed by atoms with van der Waals surface area (Å²) in [5.41, 5.74) is 8.10. The molecule has 1 heterocycles. The second-order valence-electron chi connectivity index (χ2n) is 0.951. The highest BCUT2D eigenvalue weighted by atomic mass is 32.1. The van der Waals surface area contributed by atoms with Crippen LogP contribution >= 0.6 is 11.3 Å². The van der Waals surface area contributed by atoms with Gasteiger partial charge in [0.15, 0.2) is 5.00 Å². The van der Waals surface area contributed by atoms with E-state index in [4.69, 9.17) is 5.53 Å². The van der Waals surface area contributed by atoms with Crippen LogP contribution in [-0.2, 0) is 0 Å². The van der Waals surface area contributed by atoms with Crippen molar-refractivity contribution in [3.05, 3.63) is 11.7 Å². The van der Waals surface area contributed by atoms with E-state index in [0.29, 0.717) is 5.00 Å². The van der Waals surface area contributed by atoms with Gasteiger partial charge >= 0.3 is 0 Å². The molecule has 0 aliphatic carbocycles. The monoisotopic (exact) mass is 113 g/mol. The maximum atomic E-state index is 6.46. The van der Waals surface area contributed by atoms with Crippen molar-refractivity contribution in [2.75, 3.05) is 0 Å². The number of rotatable bonds is 1. The summed E-state index contributed by atoms with van der Waals surface area (Å²) in [6.45, 7) is 0. The predicted octanol–water partition coefficient (Wildman–Crippen LogP) is 1.81. The van der Waals surface area contributed by atoms with E-state index in [2.05, 4.69) is 10.1 Å². The van der Waals surface area contributed by atoms with Crippen molar-refractivity contribution in [1.29, 1.82) is 5.53 Å². The van der Waals surface area contributed by atoms with E-state index in [1.807, 2.05) is 0 Å². The summed E-state index contributed by atoms with van der Waals surface area (Å²) in [6.07, 6.45) is 1.55. The van der Waals surface area contributed by atoms with Gasteiger partial charge in [0.25, 0.3) is 0 Å². The maximum Gasteiger partial charge on any atom is 0.157 e. The van der Waals surface area contributed by atoms with Crippen molar-refractivity contribution in [1.82, 2.24) is 4.98 Å². The van der Waals surface area contributed by atoms with E-state index in [1.165, 1.54) is 11.3 Å². The molecule has 1 aromatic heterocycles. The van der Waals surface area contributed by atoms with Gasteiger partial charge in [0, 0.05) is 0 Å². The zero-order chi connectivity index (χ0) is 5.11. The molecule has 0 amide bonds. The molecule has 0 spiro atoms. The van der Waals surface area contributed by atoms with Crippen LogP contribution in [0.5, 0.6) is 0 Å². The molecular formula is C3H3N3S. The van der Waals surface area contributed by atoms with Crippen molar-refractivity contribution in [2.24, 2.45) is 5.11 Å². The van der Waals surface area contributed by atoms with E-state index in [0.717, 1.165) is 0 Å². The van der Waals surface area contributed by atoms with Gasteiger partial charge in [-0.25, -0.2) is 5.53 Å². The van der Waals surface area contributed by atoms with E-state index in [-0.39, 0.29) is 0 Å². The topological polar surface area (TPSA) is 49.1 Å². The Morgan fingerprint density at radius 2 is 2.71 bits per heavy atom. The largest absolute Gasteiger partial charge is 0.251 e. The van der Waals surface area contributed by atoms with E-state index >= 15 is 0 Å². The van der Waals surface area contributed by atoms with Gasteiger partial charge in [0.2, 0.25) is 0 Å². The molecule has 3 nitrogen and oxygen atoms in total. The molecule has 0 saturated heterocycles. The van der Waals surface area contributed by atoms with Crippen LogP contribution in [0.25, 0.3) is 0 Å². The van der Waals surface area contributed by atoms with E-state index in [1.54, 1.807) is 11.7 Å². The molecule has 0 aromatic carbocycles. The Bertz CT molecular complexity index is 145. The first-order valence-electron chi connectivity index (χ1n) is 1.69. The van der Waals surface area contributed by atoms with Gasteiger partial charge in [0.1, 0.15) is 0 Å². The third kappa shape index (κ3) is 0.806. The van der Waals surface area contributed by atoms with Crippen molar-refractivity contribution in [2.45, 2.75) is 0 Å². The first kappa shape index (κ1) is 4.39. The molecule has 0 atom stereocenters. The van der Waals surface area contributed by atoms with Crippen LogP contribution in [0.4, 0.5) is 5.00 Å². The summed E-state index contributed by atoms with van der Waals surface area (Å²) in [6, 6.07) is 0. The normalized spacial score (nSPS) is 8.57. The Morgan fingerprint density at radius 3 is 3.00 bits per heavy atom. The maximum absolute atomic E-state index is 6.46. The minimum atomic E-state index is 0.653. The summed E-state index contributed by atoms with van der Waals surface area (Å²) >= 11 is 1.36. The predicted molar refractivity (Wildman–Crippen MR) is 26.9 cm³/mol. The lowest BCUT2D eigenvalue weighted by atomic mass is 10.9. The molecule has 36 valence electrons. The number of thiazole rings is 1. The van der Waals surface area contributed by atoms with Gasteiger partial charge in [0.05, 0.1) is 11.7 Å². The summed E-state index contributed by atoms with van der Waals surface area (Å²) < 4.78 is 0. The molecule has 1 aromatic rings. The van der Waals surface area contributed by atoms with Crippen LogP contribution in [0.3, 0.4) is 0 Å². The fraction of sp³-hybridized carbons (Fsp3) is 0. The minimum absolute atomic E-state index is 0.653. The van der Waals surface area contributed by atoms with Gasteiger partial charge < -0.3 is 0 Å². The van der Waals surface area contributed by atoms with Crippen molar-refractivity contribution < 1.29 is 0 Å². The zero-order valence-corrected chi connectivity index (χ0v) is 4.27. The standard InChI is InChI=1S/C3H3N3S/c4-6-3-1-5-2-7-3/h1-2,4H. The first-order valence-corrected chi connectivity index (χ1v) is 2.57. The second kappa shape index (κ2) is 1.79. The third-order valence-electron chi connectivity index (χ3n) is 0.529. The van der Waals surface area contributed by atoms with Gasteiger partial charge in [-0.2, -0.15) is 0 Å². The Balaban J connectivity index is 2.96. The van der Waals surface area contributed by atoms with Gasteiger partial charge in [-0.1, -0.05) is 0 Å². The molecule has 0 unspecified atom stereocenters. The van der Waals surface area contributed by atoms with Crippen molar-refractivity contribution in [3.63, 3.8) is 0 Å². The highest BCUT2D eigenvalue weighted by molar-refractivity contribution is 7.13. The molecule has 4 heteroatoms. The minimum Gasteiger partial charge on any atom is -0.251 e. The molecule has 0 bridgehead atoms. The lowest BCUT2D eigenvalue weighted by molar-refractivity contribution is 1.16. The molecule has 1 rings (SSSR count). The number of nitrogens with zero attached hydrogens (tertiary/aromatic N) is 2. The number of hydrogen-bond donors (Lipinski definition) is 1. The molecule has 0 aliphatic heterocycles. The molecular weight excluding hydrogens is 110 g/mol. The van der Waals surface area contributed by atoms with Crippen LogP contribution in [0.15, 0.2) is 16.8 Å². The highest BCUT2D eigenvalue weighted by Gasteiger charge is 1.83. The van der Waals surface area contributed by atoms with Gasteiger partial charge in [-0.15, -0.1) is 16.5 Å². The van der Waals surface area contributed by atoms with E-state index in [9.17, 15) is 0 Å². The van der Waals surface area contributed by atoms with Crippen molar-refractivity contribution >= 4 is 16.3 Å². The smallest absolute Gasteiger partial charge is 0.157 e. The van der Waals surface area contributed by atoms with Crippen molar-refractivity contribution in [3.8, 4) is 0 Å². The van der Waals surface area contributed by atoms with Crippen LogP contribution in [0, 0.1) is 5.53 Å². The van der Waals surface area contributed by atoms with Crippen LogP contribution in [0.2, 0.25) is 0 Å². The summed E-state index contributed by atoms with van der Waals surface area (Å²) in [7, 11) is 0. The number of nitrogens with one attached hydrogen (secondary N) is 1. The second-order valence-corrected chi connectivity index (χ2v) is 1.82. The molecule has 0 fully saturated rings. The quantitative estimate of drug-likeness (QED) is 0.554. The Labute approximate surface area is 44.5 Å². The van der Waals surface area contributed by atoms with Gasteiger partial charge in [-0.05, 0) is 0 Å². The highest BCUT2D eigenvalue weighted by Crippen LogP contribution is 2.14. The molecule has 1 N–H and O–H groups in total. The fourth-order valence-electron chi connectivity index (χ4n) is 0.264. The average Bonchev–Trinajstić information content (AvgIpc) is 2.14. The van der Waals surface area contributed by atoms with Crippen LogP contribution in [0.1, 0.15) is 0 Å². The van der Waals surface area contributed by atoms with Crippen LogP contribution < -0.4 is 0 Å². The lowest BCUT2D eigenvalue weighted by Gasteiger charge is -1.67. The lowest BCUT2D eigenvalue weighted by Crippen LogP contribution is -1.43. The van der Waals surface area contributed by atoms with Crippen LogP contribution in [-0.4, -0.2) is 4.98 Å².